The van der Waals surface area contributed by atoms with E-state index >= 15 is 4.39 Å². The van der Waals surface area contributed by atoms with Gasteiger partial charge in [-0.1, -0.05) is 51.8 Å². The first-order chi connectivity index (χ1) is 18.7. The minimum absolute atomic E-state index is 0.0333. The van der Waals surface area contributed by atoms with Gasteiger partial charge in [-0.3, -0.25) is 4.72 Å². The van der Waals surface area contributed by atoms with Crippen molar-refractivity contribution in [1.29, 1.82) is 5.26 Å². The van der Waals surface area contributed by atoms with Gasteiger partial charge in [-0.2, -0.15) is 5.26 Å². The average Bonchev–Trinajstić information content (AvgIpc) is 3.30. The highest BCUT2D eigenvalue weighted by atomic mass is 32.2. The van der Waals surface area contributed by atoms with Crippen LogP contribution >= 0.6 is 11.9 Å². The van der Waals surface area contributed by atoms with Crippen LogP contribution in [0.3, 0.4) is 0 Å². The number of halogens is 2. The molecule has 1 aliphatic rings. The van der Waals surface area contributed by atoms with Gasteiger partial charge in [0.2, 0.25) is 0 Å². The summed E-state index contributed by atoms with van der Waals surface area (Å²) in [5.41, 5.74) is 8.55. The standard InChI is InChI=1S/C29H38F2N4OS.C2H6/c1-5-19(3)13-27(36-6-2)28-23(20-7-8-21(16-32)26(31)14-20)9-10-25(30)24(28)17-35-18-29(33)12-11-22(15-29)37-34-4;1-2/h7-10,13-14,19,22,34-35H,5-6,11-12,15,17-18,33H2,1-4H3;1-2H3/b27-13-;/t19?,22-,29+;/m1./s1. The summed E-state index contributed by atoms with van der Waals surface area (Å²) in [7, 11) is 1.92. The first-order valence-corrected chi connectivity index (χ1v) is 14.8. The van der Waals surface area contributed by atoms with Crippen molar-refractivity contribution < 1.29 is 13.5 Å². The molecule has 0 spiro atoms. The topological polar surface area (TPSA) is 83.1 Å². The third-order valence-electron chi connectivity index (χ3n) is 6.94. The molecule has 8 heteroatoms. The van der Waals surface area contributed by atoms with Gasteiger partial charge in [-0.25, -0.2) is 8.78 Å². The van der Waals surface area contributed by atoms with Crippen LogP contribution in [0.4, 0.5) is 8.78 Å². The number of rotatable bonds is 12. The van der Waals surface area contributed by atoms with Crippen molar-refractivity contribution in [2.75, 3.05) is 20.2 Å². The summed E-state index contributed by atoms with van der Waals surface area (Å²) in [4.78, 5) is 0. The zero-order chi connectivity index (χ0) is 29.0. The van der Waals surface area contributed by atoms with E-state index in [1.54, 1.807) is 24.1 Å². The van der Waals surface area contributed by atoms with Gasteiger partial charge in [-0.15, -0.1) is 0 Å². The Bertz CT molecular complexity index is 1150. The van der Waals surface area contributed by atoms with Gasteiger partial charge in [-0.05, 0) is 81.0 Å². The van der Waals surface area contributed by atoms with Crippen LogP contribution in [0.2, 0.25) is 0 Å². The normalized spacial score (nSPS) is 19.7. The Kier molecular flexibility index (Phi) is 13.4. The molecule has 0 radical (unpaired) electrons. The molecule has 0 amide bonds. The van der Waals surface area contributed by atoms with E-state index in [9.17, 15) is 4.39 Å². The number of ether oxygens (including phenoxy) is 1. The second-order valence-corrected chi connectivity index (χ2v) is 11.1. The molecule has 0 bridgehead atoms. The molecular weight excluding hydrogens is 514 g/mol. The minimum Gasteiger partial charge on any atom is -0.494 e. The molecule has 1 saturated carbocycles. The van der Waals surface area contributed by atoms with Crippen LogP contribution in [-0.4, -0.2) is 31.0 Å². The van der Waals surface area contributed by atoms with Crippen LogP contribution in [0.5, 0.6) is 0 Å². The maximum atomic E-state index is 15.4. The van der Waals surface area contributed by atoms with E-state index < -0.39 is 5.82 Å². The molecule has 0 heterocycles. The molecule has 2 aromatic rings. The fourth-order valence-electron chi connectivity index (χ4n) is 4.80. The fraction of sp³-hybridized carbons (Fsp3) is 0.516. The summed E-state index contributed by atoms with van der Waals surface area (Å²) >= 11 is 1.70. The summed E-state index contributed by atoms with van der Waals surface area (Å²) < 4.78 is 39.2. The third kappa shape index (κ3) is 8.77. The molecule has 1 aliphatic carbocycles. The average molecular weight is 559 g/mol. The van der Waals surface area contributed by atoms with E-state index in [1.807, 2.05) is 40.0 Å². The summed E-state index contributed by atoms with van der Waals surface area (Å²) in [5, 5.41) is 13.0. The van der Waals surface area contributed by atoms with Gasteiger partial charge >= 0.3 is 0 Å². The molecule has 3 atom stereocenters. The Balaban J connectivity index is 0.00000260. The molecule has 4 N–H and O–H groups in total. The van der Waals surface area contributed by atoms with Crippen molar-refractivity contribution >= 4 is 17.7 Å². The van der Waals surface area contributed by atoms with E-state index in [4.69, 9.17) is 15.7 Å². The lowest BCUT2D eigenvalue weighted by Crippen LogP contribution is -2.46. The number of allylic oxidation sites excluding steroid dienone is 1. The summed E-state index contributed by atoms with van der Waals surface area (Å²) in [6, 6.07) is 9.38. The maximum absolute atomic E-state index is 15.4. The van der Waals surface area contributed by atoms with Gasteiger partial charge in [0.25, 0.3) is 0 Å². The predicted molar refractivity (Wildman–Crippen MR) is 160 cm³/mol. The molecule has 1 fully saturated rings. The highest BCUT2D eigenvalue weighted by Gasteiger charge is 2.35. The van der Waals surface area contributed by atoms with Crippen LogP contribution in [0.1, 0.15) is 77.0 Å². The molecule has 1 unspecified atom stereocenters. The van der Waals surface area contributed by atoms with Crippen LogP contribution in [0.15, 0.2) is 36.4 Å². The first kappa shape index (κ1) is 32.8. The van der Waals surface area contributed by atoms with Gasteiger partial charge < -0.3 is 15.8 Å². The molecule has 39 heavy (non-hydrogen) atoms. The summed E-state index contributed by atoms with van der Waals surface area (Å²) in [6.07, 6.45) is 5.71. The van der Waals surface area contributed by atoms with Crippen LogP contribution < -0.4 is 15.8 Å². The number of nitriles is 1. The molecule has 0 aromatic heterocycles. The molecule has 2 aromatic carbocycles. The monoisotopic (exact) mass is 558 g/mol. The van der Waals surface area contributed by atoms with Crippen LogP contribution in [0, 0.1) is 28.9 Å². The van der Waals surface area contributed by atoms with Crippen molar-refractivity contribution in [1.82, 2.24) is 10.0 Å². The van der Waals surface area contributed by atoms with Crippen molar-refractivity contribution in [3.05, 3.63) is 64.7 Å². The zero-order valence-electron chi connectivity index (χ0n) is 24.2. The van der Waals surface area contributed by atoms with Crippen molar-refractivity contribution in [2.45, 2.75) is 77.6 Å². The van der Waals surface area contributed by atoms with Crippen LogP contribution in [0.25, 0.3) is 16.9 Å². The van der Waals surface area contributed by atoms with Gasteiger partial charge in [0.05, 0.1) is 12.2 Å². The Morgan fingerprint density at radius 2 is 2.00 bits per heavy atom. The maximum Gasteiger partial charge on any atom is 0.141 e. The van der Waals surface area contributed by atoms with E-state index in [0.29, 0.717) is 46.4 Å². The number of nitrogens with one attached hydrogen (secondary N) is 2. The van der Waals surface area contributed by atoms with Gasteiger partial charge in [0.1, 0.15) is 23.5 Å². The predicted octanol–water partition coefficient (Wildman–Crippen LogP) is 7.16. The molecule has 0 aliphatic heterocycles. The van der Waals surface area contributed by atoms with Gasteiger partial charge in [0.15, 0.2) is 0 Å². The third-order valence-corrected chi connectivity index (χ3v) is 7.92. The van der Waals surface area contributed by atoms with E-state index in [2.05, 4.69) is 23.9 Å². The Hall–Kier alpha value is -2.44. The summed E-state index contributed by atoms with van der Waals surface area (Å²) in [5.74, 6) is -0.208. The number of nitrogens with two attached hydrogens (primary N) is 1. The van der Waals surface area contributed by atoms with Crippen LogP contribution in [-0.2, 0) is 11.3 Å². The number of nitrogens with zero attached hydrogens (tertiary/aromatic N) is 1. The number of benzene rings is 2. The lowest BCUT2D eigenvalue weighted by molar-refractivity contribution is 0.295. The fourth-order valence-corrected chi connectivity index (χ4v) is 5.78. The highest BCUT2D eigenvalue weighted by Crippen LogP contribution is 2.37. The molecule has 0 saturated heterocycles. The highest BCUT2D eigenvalue weighted by molar-refractivity contribution is 7.98. The van der Waals surface area contributed by atoms with E-state index in [-0.39, 0.29) is 29.4 Å². The molecular formula is C31H44F2N4OS. The second kappa shape index (κ2) is 16.0. The molecule has 214 valence electrons. The van der Waals surface area contributed by atoms with E-state index in [0.717, 1.165) is 25.7 Å². The Morgan fingerprint density at radius 3 is 2.62 bits per heavy atom. The minimum atomic E-state index is -0.612. The van der Waals surface area contributed by atoms with Gasteiger partial charge in [0, 0.05) is 35.0 Å². The zero-order valence-corrected chi connectivity index (χ0v) is 25.0. The Labute approximate surface area is 237 Å². The van der Waals surface area contributed by atoms with Crippen molar-refractivity contribution in [2.24, 2.45) is 11.7 Å². The number of hydrogen-bond donors (Lipinski definition) is 3. The smallest absolute Gasteiger partial charge is 0.141 e. The lowest BCUT2D eigenvalue weighted by atomic mass is 9.91. The molecule has 3 rings (SSSR count). The SMILES string of the molecule is CC.CCO/C(=C\C(C)CC)c1c(-c2ccc(C#N)c(F)c2)ccc(F)c1CNC[C@]1(N)CC[C@@H](SNC)C1. The number of hydrogen-bond acceptors (Lipinski definition) is 6. The van der Waals surface area contributed by atoms with Crippen molar-refractivity contribution in [3.8, 4) is 17.2 Å². The quantitative estimate of drug-likeness (QED) is 0.189. The second-order valence-electron chi connectivity index (χ2n) is 9.76. The molecule has 5 nitrogen and oxygen atoms in total. The van der Waals surface area contributed by atoms with Crippen molar-refractivity contribution in [3.63, 3.8) is 0 Å². The summed E-state index contributed by atoms with van der Waals surface area (Å²) in [6.45, 7) is 11.3. The van der Waals surface area contributed by atoms with E-state index in [1.165, 1.54) is 18.2 Å². The Morgan fingerprint density at radius 1 is 1.26 bits per heavy atom. The largest absolute Gasteiger partial charge is 0.494 e. The lowest BCUT2D eigenvalue weighted by Gasteiger charge is -2.26. The first-order valence-electron chi connectivity index (χ1n) is 13.9.